The van der Waals surface area contributed by atoms with Gasteiger partial charge in [0, 0.05) is 5.56 Å². The van der Waals surface area contributed by atoms with Gasteiger partial charge in [-0.05, 0) is 12.5 Å². The van der Waals surface area contributed by atoms with E-state index in [0.29, 0.717) is 6.42 Å². The quantitative estimate of drug-likeness (QED) is 0.659. The number of hydrogen-bond acceptors (Lipinski definition) is 0. The van der Waals surface area contributed by atoms with Crippen molar-refractivity contribution in [2.45, 2.75) is 6.42 Å². The van der Waals surface area contributed by atoms with E-state index < -0.39 is 7.55 Å². The number of alkyl halides is 1. The summed E-state index contributed by atoms with van der Waals surface area (Å²) in [6, 6.07) is 10.1. The molecule has 0 aliphatic rings. The van der Waals surface area contributed by atoms with Crippen LogP contribution in [-0.4, -0.2) is 19.6 Å². The Kier molecular flexibility index (Phi) is 4.55. The Morgan fingerprint density at radius 1 is 1.43 bits per heavy atom. The largest absolute Gasteiger partial charge is 0.251 e. The van der Waals surface area contributed by atoms with E-state index in [0.717, 1.165) is 0 Å². The summed E-state index contributed by atoms with van der Waals surface area (Å²) < 4.78 is 12.1. The Hall–Kier alpha value is -0.940. The Morgan fingerprint density at radius 2 is 2.07 bits per heavy atom. The molecular formula is C12H15FP+. The lowest BCUT2D eigenvalue weighted by Crippen LogP contribution is -1.80. The van der Waals surface area contributed by atoms with Crippen LogP contribution in [0.4, 0.5) is 4.39 Å². The van der Waals surface area contributed by atoms with Gasteiger partial charge in [-0.15, -0.1) is 0 Å². The smallest absolute Gasteiger partial charge is 0.151 e. The molecule has 0 radical (unpaired) electrons. The molecule has 0 saturated heterocycles. The Morgan fingerprint density at radius 3 is 2.57 bits per heavy atom. The summed E-state index contributed by atoms with van der Waals surface area (Å²) in [5, 5.41) is 1.19. The number of hydrogen-bond donors (Lipinski definition) is 0. The second kappa shape index (κ2) is 5.72. The summed E-state index contributed by atoms with van der Waals surface area (Å²) >= 11 is 0. The molecule has 0 aromatic heterocycles. The highest BCUT2D eigenvalue weighted by Crippen LogP contribution is 2.36. The molecule has 0 N–H and O–H groups in total. The van der Waals surface area contributed by atoms with Gasteiger partial charge in [-0.1, -0.05) is 30.3 Å². The molecule has 2 heteroatoms. The van der Waals surface area contributed by atoms with E-state index in [9.17, 15) is 4.39 Å². The third-order valence-corrected chi connectivity index (χ3v) is 3.19. The normalized spacial score (nSPS) is 12.7. The minimum absolute atomic E-state index is 0.292. The maximum atomic E-state index is 12.1. The number of rotatable bonds is 4. The van der Waals surface area contributed by atoms with Gasteiger partial charge in [-0.3, -0.25) is 4.39 Å². The van der Waals surface area contributed by atoms with Gasteiger partial charge in [0.05, 0.1) is 13.0 Å². The van der Waals surface area contributed by atoms with Crippen molar-refractivity contribution in [2.75, 3.05) is 13.3 Å². The molecule has 74 valence electrons. The number of allylic oxidation sites excluding steroid dienone is 1. The van der Waals surface area contributed by atoms with Crippen LogP contribution in [0.5, 0.6) is 0 Å². The molecule has 0 aliphatic carbocycles. The van der Waals surface area contributed by atoms with Crippen molar-refractivity contribution >= 4 is 19.2 Å². The summed E-state index contributed by atoms with van der Waals surface area (Å²) in [5.41, 5.74) is 1.17. The summed E-state index contributed by atoms with van der Waals surface area (Å²) in [6.07, 6.45) is 6.50. The van der Waals surface area contributed by atoms with Crippen molar-refractivity contribution in [3.05, 3.63) is 42.0 Å². The van der Waals surface area contributed by atoms with Crippen LogP contribution >= 0.6 is 7.55 Å². The first-order chi connectivity index (χ1) is 6.75. The summed E-state index contributed by atoms with van der Waals surface area (Å²) in [4.78, 5) is 0. The third-order valence-electron chi connectivity index (χ3n) is 1.93. The minimum atomic E-state index is -0.407. The third kappa shape index (κ3) is 3.08. The van der Waals surface area contributed by atoms with E-state index >= 15 is 0 Å². The lowest BCUT2D eigenvalue weighted by Gasteiger charge is -1.97. The molecule has 0 saturated carbocycles. The first-order valence-electron chi connectivity index (χ1n) is 4.61. The second-order valence-corrected chi connectivity index (χ2v) is 5.01. The predicted octanol–water partition coefficient (Wildman–Crippen LogP) is 3.93. The highest BCUT2D eigenvalue weighted by Gasteiger charge is 2.10. The fourth-order valence-corrected chi connectivity index (χ4v) is 2.32. The summed E-state index contributed by atoms with van der Waals surface area (Å²) in [7, 11) is -0.407. The molecule has 1 unspecified atom stereocenters. The van der Waals surface area contributed by atoms with Crippen LogP contribution in [0.1, 0.15) is 12.0 Å². The van der Waals surface area contributed by atoms with E-state index in [1.807, 2.05) is 36.4 Å². The van der Waals surface area contributed by atoms with Gasteiger partial charge in [-0.25, -0.2) is 0 Å². The molecule has 0 bridgehead atoms. The monoisotopic (exact) mass is 209 g/mol. The summed E-state index contributed by atoms with van der Waals surface area (Å²) in [6.45, 7) is 1.80. The van der Waals surface area contributed by atoms with Crippen LogP contribution in [0.15, 0.2) is 36.4 Å². The van der Waals surface area contributed by atoms with Crippen LogP contribution < -0.4 is 0 Å². The fraction of sp³-hybridized carbons (Fsp3) is 0.250. The van der Waals surface area contributed by atoms with Crippen LogP contribution in [-0.2, 0) is 0 Å². The van der Waals surface area contributed by atoms with Crippen molar-refractivity contribution in [1.82, 2.24) is 0 Å². The molecule has 0 aliphatic heterocycles. The zero-order valence-electron chi connectivity index (χ0n) is 8.41. The standard InChI is InChI=1S/C12H15FP/c1-14(2)12(9-6-10-13)11-7-4-3-5-8-11/h3-5,7-9H,1,6,10H2,2H3/q+1/b12-9+. The Labute approximate surface area is 85.9 Å². The Balaban J connectivity index is 2.95. The lowest BCUT2D eigenvalue weighted by atomic mass is 10.2. The highest BCUT2D eigenvalue weighted by molar-refractivity contribution is 7.65. The molecule has 0 nitrogen and oxygen atoms in total. The van der Waals surface area contributed by atoms with E-state index in [-0.39, 0.29) is 6.67 Å². The van der Waals surface area contributed by atoms with Crippen LogP contribution in [0, 0.1) is 0 Å². The van der Waals surface area contributed by atoms with Crippen molar-refractivity contribution < 1.29 is 4.39 Å². The zero-order chi connectivity index (χ0) is 10.4. The first-order valence-corrected chi connectivity index (χ1v) is 6.59. The molecule has 1 aromatic carbocycles. The van der Waals surface area contributed by atoms with Gasteiger partial charge in [-0.2, -0.15) is 0 Å². The minimum Gasteiger partial charge on any atom is -0.251 e. The molecule has 1 rings (SSSR count). The van der Waals surface area contributed by atoms with E-state index in [4.69, 9.17) is 0 Å². The second-order valence-electron chi connectivity index (χ2n) is 3.13. The van der Waals surface area contributed by atoms with Crippen molar-refractivity contribution in [3.63, 3.8) is 0 Å². The SMILES string of the molecule is C=[P+](C)/C(=C/CCF)c1ccccc1. The van der Waals surface area contributed by atoms with Crippen molar-refractivity contribution in [1.29, 1.82) is 0 Å². The van der Waals surface area contributed by atoms with Gasteiger partial charge in [0.1, 0.15) is 14.2 Å². The molecule has 14 heavy (non-hydrogen) atoms. The van der Waals surface area contributed by atoms with Gasteiger partial charge in [0.2, 0.25) is 0 Å². The fourth-order valence-electron chi connectivity index (χ4n) is 1.29. The average molecular weight is 209 g/mol. The predicted molar refractivity (Wildman–Crippen MR) is 65.0 cm³/mol. The van der Waals surface area contributed by atoms with E-state index in [1.54, 1.807) is 0 Å². The van der Waals surface area contributed by atoms with Gasteiger partial charge >= 0.3 is 0 Å². The van der Waals surface area contributed by atoms with Crippen LogP contribution in [0.25, 0.3) is 5.31 Å². The molecule has 0 spiro atoms. The van der Waals surface area contributed by atoms with Crippen molar-refractivity contribution in [2.24, 2.45) is 0 Å². The van der Waals surface area contributed by atoms with E-state index in [2.05, 4.69) is 13.0 Å². The number of halogens is 1. The molecule has 1 atom stereocenters. The number of benzene rings is 1. The molecule has 0 amide bonds. The summed E-state index contributed by atoms with van der Waals surface area (Å²) in [5.74, 6) is 0. The first kappa shape index (κ1) is 11.1. The maximum Gasteiger partial charge on any atom is 0.151 e. The van der Waals surface area contributed by atoms with Crippen molar-refractivity contribution in [3.8, 4) is 0 Å². The highest BCUT2D eigenvalue weighted by atomic mass is 31.1. The van der Waals surface area contributed by atoms with Gasteiger partial charge < -0.3 is 0 Å². The lowest BCUT2D eigenvalue weighted by molar-refractivity contribution is 0.501. The molecule has 1 aromatic rings. The van der Waals surface area contributed by atoms with Gasteiger partial charge in [0.25, 0.3) is 0 Å². The average Bonchev–Trinajstić information content (AvgIpc) is 2.19. The maximum absolute atomic E-state index is 12.1. The van der Waals surface area contributed by atoms with Crippen LogP contribution in [0.3, 0.4) is 0 Å². The van der Waals surface area contributed by atoms with Gasteiger partial charge in [0.15, 0.2) is 5.31 Å². The molecule has 0 fully saturated rings. The molecule has 0 heterocycles. The van der Waals surface area contributed by atoms with E-state index in [1.165, 1.54) is 10.9 Å². The van der Waals surface area contributed by atoms with Crippen LogP contribution in [0.2, 0.25) is 0 Å². The Bertz CT molecular complexity index is 327. The topological polar surface area (TPSA) is 0 Å². The molecular weight excluding hydrogens is 194 g/mol. The zero-order valence-corrected chi connectivity index (χ0v) is 9.31.